The fraction of sp³-hybridized carbons (Fsp3) is 0.333. The molecule has 2 rings (SSSR count). The first-order valence-electron chi connectivity index (χ1n) is 6.66. The molecule has 5 heteroatoms. The number of anilines is 2. The third-order valence-corrected chi connectivity index (χ3v) is 5.05. The van der Waals surface area contributed by atoms with Crippen molar-refractivity contribution in [3.05, 3.63) is 45.1 Å². The number of halogens is 1. The SMILES string of the molecule is CCN(CCO)c1ccc(NCc2sccc2Br)cc1. The Balaban J connectivity index is 1.96. The molecular weight excluding hydrogens is 336 g/mol. The Morgan fingerprint density at radius 1 is 1.25 bits per heavy atom. The van der Waals surface area contributed by atoms with Crippen LogP contribution in [0.2, 0.25) is 0 Å². The van der Waals surface area contributed by atoms with Gasteiger partial charge >= 0.3 is 0 Å². The lowest BCUT2D eigenvalue weighted by Gasteiger charge is -2.22. The third-order valence-electron chi connectivity index (χ3n) is 3.13. The Kier molecular flexibility index (Phi) is 5.88. The zero-order chi connectivity index (χ0) is 14.4. The number of rotatable bonds is 7. The molecule has 0 saturated heterocycles. The molecule has 20 heavy (non-hydrogen) atoms. The normalized spacial score (nSPS) is 10.6. The first-order valence-corrected chi connectivity index (χ1v) is 8.33. The van der Waals surface area contributed by atoms with E-state index in [-0.39, 0.29) is 6.61 Å². The minimum absolute atomic E-state index is 0.181. The van der Waals surface area contributed by atoms with E-state index in [0.29, 0.717) is 6.54 Å². The molecule has 0 aliphatic heterocycles. The van der Waals surface area contributed by atoms with Gasteiger partial charge in [0, 0.05) is 33.8 Å². The van der Waals surface area contributed by atoms with Crippen molar-refractivity contribution in [3.8, 4) is 0 Å². The number of aliphatic hydroxyl groups is 1. The van der Waals surface area contributed by atoms with Crippen LogP contribution in [0.25, 0.3) is 0 Å². The van der Waals surface area contributed by atoms with E-state index in [4.69, 9.17) is 5.11 Å². The molecule has 2 aromatic rings. The van der Waals surface area contributed by atoms with Gasteiger partial charge in [-0.25, -0.2) is 0 Å². The summed E-state index contributed by atoms with van der Waals surface area (Å²) in [4.78, 5) is 3.45. The van der Waals surface area contributed by atoms with Crippen molar-refractivity contribution in [1.82, 2.24) is 0 Å². The molecule has 1 aromatic carbocycles. The lowest BCUT2D eigenvalue weighted by atomic mass is 10.2. The van der Waals surface area contributed by atoms with Gasteiger partial charge in [0.1, 0.15) is 0 Å². The maximum atomic E-state index is 9.04. The van der Waals surface area contributed by atoms with E-state index >= 15 is 0 Å². The number of aliphatic hydroxyl groups excluding tert-OH is 1. The van der Waals surface area contributed by atoms with E-state index in [1.807, 2.05) is 0 Å². The average Bonchev–Trinajstić information content (AvgIpc) is 2.89. The van der Waals surface area contributed by atoms with E-state index in [9.17, 15) is 0 Å². The maximum absolute atomic E-state index is 9.04. The van der Waals surface area contributed by atoms with Gasteiger partial charge < -0.3 is 15.3 Å². The molecule has 0 radical (unpaired) electrons. The highest BCUT2D eigenvalue weighted by molar-refractivity contribution is 9.10. The quantitative estimate of drug-likeness (QED) is 0.790. The zero-order valence-corrected chi connectivity index (χ0v) is 13.9. The fourth-order valence-electron chi connectivity index (χ4n) is 2.01. The Morgan fingerprint density at radius 3 is 2.55 bits per heavy atom. The van der Waals surface area contributed by atoms with Crippen molar-refractivity contribution in [2.75, 3.05) is 29.9 Å². The number of benzene rings is 1. The van der Waals surface area contributed by atoms with Crippen LogP contribution >= 0.6 is 27.3 Å². The largest absolute Gasteiger partial charge is 0.395 e. The minimum atomic E-state index is 0.181. The smallest absolute Gasteiger partial charge is 0.0606 e. The van der Waals surface area contributed by atoms with E-state index in [2.05, 4.69) is 68.8 Å². The van der Waals surface area contributed by atoms with Crippen molar-refractivity contribution < 1.29 is 5.11 Å². The van der Waals surface area contributed by atoms with Crippen molar-refractivity contribution in [2.45, 2.75) is 13.5 Å². The summed E-state index contributed by atoms with van der Waals surface area (Å²) in [6.45, 7) is 4.67. The van der Waals surface area contributed by atoms with E-state index in [1.54, 1.807) is 11.3 Å². The highest BCUT2D eigenvalue weighted by Crippen LogP contribution is 2.24. The lowest BCUT2D eigenvalue weighted by Crippen LogP contribution is -2.25. The van der Waals surface area contributed by atoms with Crippen LogP contribution < -0.4 is 10.2 Å². The van der Waals surface area contributed by atoms with Crippen LogP contribution in [0, 0.1) is 0 Å². The maximum Gasteiger partial charge on any atom is 0.0606 e. The molecular formula is C15H19BrN2OS. The second-order valence-electron chi connectivity index (χ2n) is 4.40. The molecule has 0 aliphatic carbocycles. The number of nitrogens with zero attached hydrogens (tertiary/aromatic N) is 1. The average molecular weight is 355 g/mol. The molecule has 3 nitrogen and oxygen atoms in total. The van der Waals surface area contributed by atoms with Crippen LogP contribution in [0.5, 0.6) is 0 Å². The second kappa shape index (κ2) is 7.67. The van der Waals surface area contributed by atoms with E-state index < -0.39 is 0 Å². The standard InChI is InChI=1S/C15H19BrN2OS/c1-2-18(8-9-19)13-5-3-12(4-6-13)17-11-15-14(16)7-10-20-15/h3-7,10,17,19H,2,8-9,11H2,1H3. The summed E-state index contributed by atoms with van der Waals surface area (Å²) >= 11 is 5.28. The highest BCUT2D eigenvalue weighted by atomic mass is 79.9. The van der Waals surface area contributed by atoms with Gasteiger partial charge in [-0.3, -0.25) is 0 Å². The number of nitrogens with one attached hydrogen (secondary N) is 1. The Morgan fingerprint density at radius 2 is 2.00 bits per heavy atom. The minimum Gasteiger partial charge on any atom is -0.395 e. The molecule has 0 atom stereocenters. The molecule has 1 heterocycles. The zero-order valence-electron chi connectivity index (χ0n) is 11.5. The second-order valence-corrected chi connectivity index (χ2v) is 6.25. The molecule has 1 aromatic heterocycles. The molecule has 0 bridgehead atoms. The molecule has 0 unspecified atom stereocenters. The van der Waals surface area contributed by atoms with Gasteiger partial charge in [-0.2, -0.15) is 0 Å². The lowest BCUT2D eigenvalue weighted by molar-refractivity contribution is 0.302. The molecule has 0 fully saturated rings. The van der Waals surface area contributed by atoms with E-state index in [1.165, 1.54) is 4.88 Å². The summed E-state index contributed by atoms with van der Waals surface area (Å²) in [7, 11) is 0. The summed E-state index contributed by atoms with van der Waals surface area (Å²) in [5.41, 5.74) is 2.25. The van der Waals surface area contributed by atoms with Crippen molar-refractivity contribution >= 4 is 38.6 Å². The first kappa shape index (κ1) is 15.4. The highest BCUT2D eigenvalue weighted by Gasteiger charge is 2.04. The van der Waals surface area contributed by atoms with Crippen LogP contribution in [0.15, 0.2) is 40.2 Å². The van der Waals surface area contributed by atoms with Crippen LogP contribution in [0.4, 0.5) is 11.4 Å². The number of likely N-dealkylation sites (N-methyl/N-ethyl adjacent to an activating group) is 1. The fourth-order valence-corrected chi connectivity index (χ4v) is 3.45. The monoisotopic (exact) mass is 354 g/mol. The molecule has 108 valence electrons. The van der Waals surface area contributed by atoms with Gasteiger partial charge in [-0.05, 0) is 58.6 Å². The first-order chi connectivity index (χ1) is 9.74. The van der Waals surface area contributed by atoms with Crippen LogP contribution in [0.1, 0.15) is 11.8 Å². The molecule has 0 aliphatic rings. The van der Waals surface area contributed by atoms with Crippen LogP contribution in [-0.4, -0.2) is 24.8 Å². The molecule has 0 spiro atoms. The molecule has 2 N–H and O–H groups in total. The van der Waals surface area contributed by atoms with Gasteiger partial charge in [0.05, 0.1) is 13.2 Å². The summed E-state index contributed by atoms with van der Waals surface area (Å²) in [5, 5.41) is 14.5. The number of thiophene rings is 1. The van der Waals surface area contributed by atoms with Crippen molar-refractivity contribution in [2.24, 2.45) is 0 Å². The van der Waals surface area contributed by atoms with Gasteiger partial charge in [-0.15, -0.1) is 11.3 Å². The van der Waals surface area contributed by atoms with Gasteiger partial charge in [0.2, 0.25) is 0 Å². The summed E-state index contributed by atoms with van der Waals surface area (Å²) in [5.74, 6) is 0. The molecule has 0 amide bonds. The van der Waals surface area contributed by atoms with Crippen LogP contribution in [0.3, 0.4) is 0 Å². The predicted octanol–water partition coefficient (Wildman–Crippen LogP) is 3.94. The van der Waals surface area contributed by atoms with Gasteiger partial charge in [-0.1, -0.05) is 0 Å². The van der Waals surface area contributed by atoms with Crippen molar-refractivity contribution in [3.63, 3.8) is 0 Å². The molecule has 0 saturated carbocycles. The summed E-state index contributed by atoms with van der Waals surface area (Å²) in [6.07, 6.45) is 0. The number of hydrogen-bond donors (Lipinski definition) is 2. The Hall–Kier alpha value is -1.04. The van der Waals surface area contributed by atoms with E-state index in [0.717, 1.165) is 28.9 Å². The Bertz CT molecular complexity index is 527. The van der Waals surface area contributed by atoms with Gasteiger partial charge in [0.15, 0.2) is 0 Å². The van der Waals surface area contributed by atoms with Crippen LogP contribution in [-0.2, 0) is 6.54 Å². The Labute approximate surface area is 132 Å². The van der Waals surface area contributed by atoms with Crippen molar-refractivity contribution in [1.29, 1.82) is 0 Å². The van der Waals surface area contributed by atoms with Gasteiger partial charge in [0.25, 0.3) is 0 Å². The summed E-state index contributed by atoms with van der Waals surface area (Å²) < 4.78 is 1.16. The predicted molar refractivity (Wildman–Crippen MR) is 90.8 cm³/mol. The summed E-state index contributed by atoms with van der Waals surface area (Å²) in [6, 6.07) is 10.4. The third kappa shape index (κ3) is 3.98. The number of hydrogen-bond acceptors (Lipinski definition) is 4. The topological polar surface area (TPSA) is 35.5 Å².